The van der Waals surface area contributed by atoms with Gasteiger partial charge in [0.1, 0.15) is 5.76 Å². The molecule has 0 aromatic carbocycles. The van der Waals surface area contributed by atoms with Crippen molar-refractivity contribution < 1.29 is 27.5 Å². The molecule has 144 valence electrons. The largest absolute Gasteiger partial charge is 0.497 e. The van der Waals surface area contributed by atoms with Gasteiger partial charge in [-0.2, -0.15) is 18.2 Å². The van der Waals surface area contributed by atoms with E-state index in [0.29, 0.717) is 23.3 Å². The summed E-state index contributed by atoms with van der Waals surface area (Å²) in [4.78, 5) is 24.3. The lowest BCUT2D eigenvalue weighted by Crippen LogP contribution is -2.44. The van der Waals surface area contributed by atoms with Gasteiger partial charge in [-0.25, -0.2) is 0 Å². The summed E-state index contributed by atoms with van der Waals surface area (Å²) in [6.45, 7) is 9.89. The molecule has 8 heteroatoms. The quantitative estimate of drug-likeness (QED) is 0.420. The first-order chi connectivity index (χ1) is 11.9. The number of carbonyl (C=O) groups excluding carboxylic acids is 2. The van der Waals surface area contributed by atoms with Gasteiger partial charge in [-0.3, -0.25) is 15.0 Å². The molecule has 1 aliphatic rings. The first kappa shape index (κ1) is 21.5. The van der Waals surface area contributed by atoms with Crippen LogP contribution in [0.2, 0.25) is 0 Å². The van der Waals surface area contributed by atoms with Crippen molar-refractivity contribution >= 4 is 11.8 Å². The maximum absolute atomic E-state index is 13.1. The predicted octanol–water partition coefficient (Wildman–Crippen LogP) is 3.78. The first-order valence-electron chi connectivity index (χ1n) is 8.00. The molecule has 0 bridgehead atoms. The van der Waals surface area contributed by atoms with Crippen molar-refractivity contribution in [1.82, 2.24) is 10.4 Å². The van der Waals surface area contributed by atoms with E-state index in [1.54, 1.807) is 6.92 Å². The Morgan fingerprint density at radius 3 is 2.12 bits per heavy atom. The van der Waals surface area contributed by atoms with Gasteiger partial charge in [-0.1, -0.05) is 20.4 Å². The van der Waals surface area contributed by atoms with Crippen LogP contribution in [-0.4, -0.2) is 30.1 Å². The molecule has 1 atom stereocenters. The molecule has 1 heterocycles. The SMILES string of the molecule is C=C(OC)/C(=C\C=C(\NN1C(=O)C(C)=C(C)C1=O)C(C)CC)C(F)(F)F. The van der Waals surface area contributed by atoms with Crippen molar-refractivity contribution in [2.24, 2.45) is 5.92 Å². The Hall–Kier alpha value is -2.51. The van der Waals surface area contributed by atoms with Crippen molar-refractivity contribution in [3.8, 4) is 0 Å². The average Bonchev–Trinajstić information content (AvgIpc) is 2.76. The number of nitrogens with zero attached hydrogens (tertiary/aromatic N) is 1. The number of carbonyl (C=O) groups is 2. The fourth-order valence-electron chi connectivity index (χ4n) is 2.14. The van der Waals surface area contributed by atoms with Crippen molar-refractivity contribution in [1.29, 1.82) is 0 Å². The molecule has 0 spiro atoms. The number of amides is 2. The summed E-state index contributed by atoms with van der Waals surface area (Å²) in [5.74, 6) is -1.80. The van der Waals surface area contributed by atoms with Gasteiger partial charge in [0.15, 0.2) is 0 Å². The normalized spacial score (nSPS) is 17.8. The van der Waals surface area contributed by atoms with Crippen LogP contribution in [0.3, 0.4) is 0 Å². The first-order valence-corrected chi connectivity index (χ1v) is 8.00. The second-order valence-electron chi connectivity index (χ2n) is 5.94. The lowest BCUT2D eigenvalue weighted by molar-refractivity contribution is -0.140. The maximum atomic E-state index is 13.1. The van der Waals surface area contributed by atoms with Crippen LogP contribution in [0.5, 0.6) is 0 Å². The number of hydrogen-bond donors (Lipinski definition) is 1. The molecule has 0 fully saturated rings. The second-order valence-corrected chi connectivity index (χ2v) is 5.94. The maximum Gasteiger partial charge on any atom is 0.419 e. The van der Waals surface area contributed by atoms with Gasteiger partial charge >= 0.3 is 6.18 Å². The van der Waals surface area contributed by atoms with E-state index < -0.39 is 29.3 Å². The van der Waals surface area contributed by atoms with Gasteiger partial charge in [-0.15, -0.1) is 0 Å². The Morgan fingerprint density at radius 2 is 1.73 bits per heavy atom. The van der Waals surface area contributed by atoms with Crippen molar-refractivity contribution in [3.05, 3.63) is 46.9 Å². The molecule has 0 aliphatic carbocycles. The van der Waals surface area contributed by atoms with Crippen LogP contribution in [0.25, 0.3) is 0 Å². The van der Waals surface area contributed by atoms with E-state index >= 15 is 0 Å². The summed E-state index contributed by atoms with van der Waals surface area (Å²) in [7, 11) is 1.10. The Kier molecular flexibility index (Phi) is 6.83. The summed E-state index contributed by atoms with van der Waals surface area (Å²) in [5, 5.41) is 0.814. The molecule has 26 heavy (non-hydrogen) atoms. The molecule has 2 amide bonds. The van der Waals surface area contributed by atoms with E-state index in [1.165, 1.54) is 19.9 Å². The summed E-state index contributed by atoms with van der Waals surface area (Å²) >= 11 is 0. The number of imide groups is 1. The molecule has 0 saturated carbocycles. The van der Waals surface area contributed by atoms with E-state index in [-0.39, 0.29) is 5.92 Å². The summed E-state index contributed by atoms with van der Waals surface area (Å²) < 4.78 is 44.0. The van der Waals surface area contributed by atoms with Gasteiger partial charge in [-0.05, 0) is 38.3 Å². The molecule has 0 radical (unpaired) electrons. The van der Waals surface area contributed by atoms with Gasteiger partial charge in [0.05, 0.1) is 12.7 Å². The van der Waals surface area contributed by atoms with E-state index in [0.717, 1.165) is 18.2 Å². The van der Waals surface area contributed by atoms with Crippen LogP contribution >= 0.6 is 0 Å². The third-order valence-corrected chi connectivity index (χ3v) is 4.28. The highest BCUT2D eigenvalue weighted by atomic mass is 19.4. The van der Waals surface area contributed by atoms with E-state index in [2.05, 4.69) is 16.7 Å². The number of alkyl halides is 3. The molecule has 0 aromatic rings. The molecular weight excluding hydrogens is 349 g/mol. The van der Waals surface area contributed by atoms with Crippen LogP contribution in [0.4, 0.5) is 13.2 Å². The highest BCUT2D eigenvalue weighted by molar-refractivity contribution is 6.18. The molecule has 1 aliphatic heterocycles. The fraction of sp³-hybridized carbons (Fsp3) is 0.444. The van der Waals surface area contributed by atoms with Crippen LogP contribution in [0, 0.1) is 5.92 Å². The predicted molar refractivity (Wildman–Crippen MR) is 91.2 cm³/mol. The number of hydrogen-bond acceptors (Lipinski definition) is 4. The van der Waals surface area contributed by atoms with Crippen molar-refractivity contribution in [2.75, 3.05) is 7.11 Å². The number of nitrogens with one attached hydrogen (secondary N) is 1. The number of hydrazine groups is 1. The summed E-state index contributed by atoms with van der Waals surface area (Å²) in [5.41, 5.74) is 2.50. The van der Waals surface area contributed by atoms with Gasteiger partial charge in [0.2, 0.25) is 0 Å². The Morgan fingerprint density at radius 1 is 1.23 bits per heavy atom. The molecule has 0 saturated heterocycles. The van der Waals surface area contributed by atoms with Gasteiger partial charge in [0, 0.05) is 16.8 Å². The van der Waals surface area contributed by atoms with E-state index in [1.807, 2.05) is 6.92 Å². The monoisotopic (exact) mass is 372 g/mol. The number of methoxy groups -OCH3 is 1. The number of ether oxygens (including phenoxy) is 1. The topological polar surface area (TPSA) is 58.6 Å². The number of allylic oxidation sites excluding steroid dienone is 4. The zero-order chi connectivity index (χ0) is 20.2. The molecule has 1 N–H and O–H groups in total. The standard InChI is InChI=1S/C18H23F3N2O3/c1-7-10(2)15(9-8-14(13(5)26-6)18(19,20)21)22-23-16(24)11(3)12(4)17(23)25/h8-10,22H,5,7H2,1-4,6H3/b14-8+,15-9+. The number of rotatable bonds is 7. The minimum atomic E-state index is -4.65. The van der Waals surface area contributed by atoms with Crippen LogP contribution in [-0.2, 0) is 14.3 Å². The zero-order valence-corrected chi connectivity index (χ0v) is 15.5. The van der Waals surface area contributed by atoms with Crippen LogP contribution in [0.1, 0.15) is 34.1 Å². The summed E-state index contributed by atoms with van der Waals surface area (Å²) in [6.07, 6.45) is -2.07. The molecule has 1 rings (SSSR count). The van der Waals surface area contributed by atoms with Gasteiger partial charge in [0.25, 0.3) is 11.8 Å². The van der Waals surface area contributed by atoms with Crippen molar-refractivity contribution in [2.45, 2.75) is 40.3 Å². The van der Waals surface area contributed by atoms with E-state index in [9.17, 15) is 22.8 Å². The highest BCUT2D eigenvalue weighted by Gasteiger charge is 2.36. The van der Waals surface area contributed by atoms with Crippen LogP contribution < -0.4 is 5.43 Å². The van der Waals surface area contributed by atoms with Crippen LogP contribution in [0.15, 0.2) is 46.9 Å². The Bertz CT molecular complexity index is 679. The minimum Gasteiger partial charge on any atom is -0.497 e. The highest BCUT2D eigenvalue weighted by Crippen LogP contribution is 2.31. The molecule has 5 nitrogen and oxygen atoms in total. The second kappa shape index (κ2) is 8.25. The van der Waals surface area contributed by atoms with Gasteiger partial charge < -0.3 is 4.74 Å². The van der Waals surface area contributed by atoms with E-state index in [4.69, 9.17) is 0 Å². The fourth-order valence-corrected chi connectivity index (χ4v) is 2.14. The molecular formula is C18H23F3N2O3. The minimum absolute atomic E-state index is 0.224. The zero-order valence-electron chi connectivity index (χ0n) is 15.5. The summed E-state index contributed by atoms with van der Waals surface area (Å²) in [6, 6.07) is 0. The lowest BCUT2D eigenvalue weighted by Gasteiger charge is -2.23. The molecule has 1 unspecified atom stereocenters. The average molecular weight is 372 g/mol. The smallest absolute Gasteiger partial charge is 0.419 e. The Balaban J connectivity index is 3.25. The van der Waals surface area contributed by atoms with Crippen molar-refractivity contribution in [3.63, 3.8) is 0 Å². The third-order valence-electron chi connectivity index (χ3n) is 4.28. The third kappa shape index (κ3) is 4.56. The molecule has 0 aromatic heterocycles. The number of halogens is 3. The Labute approximate surface area is 150 Å². The lowest BCUT2D eigenvalue weighted by atomic mass is 10.0.